The lowest BCUT2D eigenvalue weighted by Crippen LogP contribution is -2.26. The Morgan fingerprint density at radius 3 is 3.06 bits per heavy atom. The lowest BCUT2D eigenvalue weighted by Gasteiger charge is -2.09. The second-order valence-corrected chi connectivity index (χ2v) is 3.69. The Balaban J connectivity index is 2.08. The molecule has 0 spiro atoms. The van der Waals surface area contributed by atoms with E-state index in [1.54, 1.807) is 0 Å². The first kappa shape index (κ1) is 10.9. The van der Waals surface area contributed by atoms with Gasteiger partial charge in [0.2, 0.25) is 11.7 Å². The Labute approximate surface area is 94.3 Å². The van der Waals surface area contributed by atoms with Gasteiger partial charge in [-0.2, -0.15) is 4.98 Å². The maximum Gasteiger partial charge on any atom is 0.228 e. The van der Waals surface area contributed by atoms with Crippen molar-refractivity contribution in [2.24, 2.45) is 0 Å². The molecule has 0 aromatic carbocycles. The number of hydrogen-bond donors (Lipinski definition) is 2. The van der Waals surface area contributed by atoms with Crippen LogP contribution in [0.25, 0.3) is 11.5 Å². The number of hydrogen-bond acceptors (Lipinski definition) is 4. The van der Waals surface area contributed by atoms with Gasteiger partial charge >= 0.3 is 0 Å². The van der Waals surface area contributed by atoms with Crippen LogP contribution >= 0.6 is 0 Å². The summed E-state index contributed by atoms with van der Waals surface area (Å²) in [4.78, 5) is 7.39. The molecule has 0 saturated carbocycles. The van der Waals surface area contributed by atoms with Gasteiger partial charge in [-0.25, -0.2) is 0 Å². The third-order valence-corrected chi connectivity index (χ3v) is 2.63. The molecular weight excluding hydrogens is 204 g/mol. The lowest BCUT2D eigenvalue weighted by atomic mass is 10.1. The zero-order chi connectivity index (χ0) is 11.4. The number of aromatic amines is 1. The van der Waals surface area contributed by atoms with Crippen LogP contribution in [0.5, 0.6) is 0 Å². The van der Waals surface area contributed by atoms with E-state index in [9.17, 15) is 0 Å². The smallest absolute Gasteiger partial charge is 0.228 e. The summed E-state index contributed by atoms with van der Waals surface area (Å²) in [6.07, 6.45) is 3.64. The van der Waals surface area contributed by atoms with Gasteiger partial charge in [-0.1, -0.05) is 12.1 Å². The van der Waals surface area contributed by atoms with E-state index in [1.807, 2.05) is 25.4 Å². The maximum atomic E-state index is 5.20. The molecule has 2 heterocycles. The number of nitrogens with one attached hydrogen (secondary N) is 2. The first-order valence-corrected chi connectivity index (χ1v) is 5.47. The zero-order valence-corrected chi connectivity index (χ0v) is 9.53. The highest BCUT2D eigenvalue weighted by Crippen LogP contribution is 2.13. The van der Waals surface area contributed by atoms with Crippen LogP contribution < -0.4 is 5.32 Å². The summed E-state index contributed by atoms with van der Waals surface area (Å²) in [7, 11) is 1.94. The Hall–Kier alpha value is -1.62. The van der Waals surface area contributed by atoms with Crippen molar-refractivity contribution in [3.8, 4) is 11.5 Å². The second-order valence-electron chi connectivity index (χ2n) is 3.69. The van der Waals surface area contributed by atoms with Gasteiger partial charge in [0.05, 0.1) is 5.69 Å². The van der Waals surface area contributed by atoms with Crippen molar-refractivity contribution in [3.63, 3.8) is 0 Å². The van der Waals surface area contributed by atoms with Crippen molar-refractivity contribution in [2.75, 3.05) is 7.05 Å². The van der Waals surface area contributed by atoms with Gasteiger partial charge in [0, 0.05) is 18.7 Å². The van der Waals surface area contributed by atoms with Crippen molar-refractivity contribution in [1.29, 1.82) is 0 Å². The van der Waals surface area contributed by atoms with Crippen LogP contribution in [0.4, 0.5) is 0 Å². The lowest BCUT2D eigenvalue weighted by molar-refractivity contribution is 0.359. The molecule has 16 heavy (non-hydrogen) atoms. The molecule has 2 N–H and O–H groups in total. The minimum absolute atomic E-state index is 0.386. The molecule has 0 aliphatic heterocycles. The highest BCUT2D eigenvalue weighted by Gasteiger charge is 2.12. The molecule has 2 aromatic heterocycles. The summed E-state index contributed by atoms with van der Waals surface area (Å²) in [5, 5.41) is 7.14. The highest BCUT2D eigenvalue weighted by atomic mass is 16.5. The molecule has 1 atom stereocenters. The Kier molecular flexibility index (Phi) is 3.36. The van der Waals surface area contributed by atoms with Crippen LogP contribution in [0, 0.1) is 0 Å². The Morgan fingerprint density at radius 2 is 2.44 bits per heavy atom. The second kappa shape index (κ2) is 4.94. The van der Waals surface area contributed by atoms with E-state index < -0.39 is 0 Å². The molecule has 0 radical (unpaired) electrons. The minimum atomic E-state index is 0.386. The molecule has 0 aliphatic carbocycles. The predicted molar refractivity (Wildman–Crippen MR) is 60.9 cm³/mol. The van der Waals surface area contributed by atoms with Crippen molar-refractivity contribution >= 4 is 0 Å². The zero-order valence-electron chi connectivity index (χ0n) is 9.53. The van der Waals surface area contributed by atoms with E-state index in [0.29, 0.717) is 17.8 Å². The first-order valence-electron chi connectivity index (χ1n) is 5.47. The highest BCUT2D eigenvalue weighted by molar-refractivity contribution is 5.47. The molecule has 2 rings (SSSR count). The van der Waals surface area contributed by atoms with E-state index in [0.717, 1.165) is 18.5 Å². The third-order valence-electron chi connectivity index (χ3n) is 2.63. The van der Waals surface area contributed by atoms with Gasteiger partial charge in [0.25, 0.3) is 0 Å². The van der Waals surface area contributed by atoms with Crippen molar-refractivity contribution < 1.29 is 4.52 Å². The number of likely N-dealkylation sites (N-methyl/N-ethyl adjacent to an activating group) is 1. The van der Waals surface area contributed by atoms with Gasteiger partial charge in [-0.15, -0.1) is 0 Å². The normalized spacial score (nSPS) is 12.9. The van der Waals surface area contributed by atoms with Crippen LogP contribution in [0.2, 0.25) is 0 Å². The molecule has 2 aromatic rings. The fraction of sp³-hybridized carbons (Fsp3) is 0.455. The predicted octanol–water partition coefficient (Wildman–Crippen LogP) is 1.61. The summed E-state index contributed by atoms with van der Waals surface area (Å²) in [6, 6.07) is 4.22. The minimum Gasteiger partial charge on any atom is -0.359 e. The monoisotopic (exact) mass is 220 g/mol. The molecule has 0 saturated heterocycles. The van der Waals surface area contributed by atoms with Crippen LogP contribution in [0.3, 0.4) is 0 Å². The molecular formula is C11H16N4O. The SMILES string of the molecule is CCC(Cc1nc(-c2ccc[nH]2)no1)NC. The van der Waals surface area contributed by atoms with Crippen LogP contribution in [-0.4, -0.2) is 28.2 Å². The number of rotatable bonds is 5. The molecule has 0 amide bonds. The van der Waals surface area contributed by atoms with Gasteiger partial charge < -0.3 is 14.8 Å². The summed E-state index contributed by atoms with van der Waals surface area (Å²) < 4.78 is 5.20. The maximum absolute atomic E-state index is 5.20. The van der Waals surface area contributed by atoms with E-state index in [2.05, 4.69) is 27.4 Å². The van der Waals surface area contributed by atoms with E-state index in [1.165, 1.54) is 0 Å². The van der Waals surface area contributed by atoms with E-state index in [-0.39, 0.29) is 0 Å². The molecule has 0 fully saturated rings. The molecule has 1 unspecified atom stereocenters. The Morgan fingerprint density at radius 1 is 1.56 bits per heavy atom. The number of aromatic nitrogens is 3. The van der Waals surface area contributed by atoms with Gasteiger partial charge in [-0.3, -0.25) is 0 Å². The van der Waals surface area contributed by atoms with Crippen LogP contribution in [0.15, 0.2) is 22.9 Å². The fourth-order valence-electron chi connectivity index (χ4n) is 1.58. The van der Waals surface area contributed by atoms with Gasteiger partial charge in [0.15, 0.2) is 0 Å². The summed E-state index contributed by atoms with van der Waals surface area (Å²) in [6.45, 7) is 2.13. The Bertz CT molecular complexity index is 417. The summed E-state index contributed by atoms with van der Waals surface area (Å²) in [5.41, 5.74) is 0.882. The van der Waals surface area contributed by atoms with Crippen molar-refractivity contribution in [3.05, 3.63) is 24.2 Å². The topological polar surface area (TPSA) is 66.7 Å². The number of H-pyrrole nitrogens is 1. The fourth-order valence-corrected chi connectivity index (χ4v) is 1.58. The van der Waals surface area contributed by atoms with Crippen molar-refractivity contribution in [2.45, 2.75) is 25.8 Å². The standard InChI is InChI=1S/C11H16N4O/c1-3-8(12-2)7-10-14-11(15-16-10)9-5-4-6-13-9/h4-6,8,12-13H,3,7H2,1-2H3. The van der Waals surface area contributed by atoms with Crippen LogP contribution in [-0.2, 0) is 6.42 Å². The average Bonchev–Trinajstić information content (AvgIpc) is 2.96. The molecule has 5 heteroatoms. The molecule has 5 nitrogen and oxygen atoms in total. The molecule has 0 bridgehead atoms. The van der Waals surface area contributed by atoms with Crippen LogP contribution in [0.1, 0.15) is 19.2 Å². The summed E-state index contributed by atoms with van der Waals surface area (Å²) in [5.74, 6) is 1.29. The molecule has 0 aliphatic rings. The largest absolute Gasteiger partial charge is 0.359 e. The summed E-state index contributed by atoms with van der Waals surface area (Å²) >= 11 is 0. The van der Waals surface area contributed by atoms with Crippen molar-refractivity contribution in [1.82, 2.24) is 20.4 Å². The first-order chi connectivity index (χ1) is 7.83. The van der Waals surface area contributed by atoms with E-state index >= 15 is 0 Å². The van der Waals surface area contributed by atoms with Gasteiger partial charge in [0.1, 0.15) is 0 Å². The number of nitrogens with zero attached hydrogens (tertiary/aromatic N) is 2. The molecule has 86 valence electrons. The van der Waals surface area contributed by atoms with E-state index in [4.69, 9.17) is 4.52 Å². The average molecular weight is 220 g/mol. The van der Waals surface area contributed by atoms with Gasteiger partial charge in [-0.05, 0) is 25.6 Å². The third kappa shape index (κ3) is 2.30. The quantitative estimate of drug-likeness (QED) is 0.803.